The topological polar surface area (TPSA) is 84.8 Å². The van der Waals surface area contributed by atoms with E-state index in [9.17, 15) is 4.79 Å². The molecular formula is C23H24N4O3. The van der Waals surface area contributed by atoms with E-state index in [0.717, 1.165) is 22.9 Å². The van der Waals surface area contributed by atoms with Gasteiger partial charge in [-0.2, -0.15) is 0 Å². The van der Waals surface area contributed by atoms with Crippen LogP contribution in [0.25, 0.3) is 0 Å². The maximum Gasteiger partial charge on any atom is 0.257 e. The number of ether oxygens (including phenoxy) is 2. The third kappa shape index (κ3) is 6.07. The predicted molar refractivity (Wildman–Crippen MR) is 117 cm³/mol. The fourth-order valence-electron chi connectivity index (χ4n) is 2.62. The lowest BCUT2D eigenvalue weighted by atomic mass is 10.2. The molecule has 3 aromatic rings. The minimum atomic E-state index is -0.279. The van der Waals surface area contributed by atoms with Gasteiger partial charge in [-0.15, -0.1) is 0 Å². The molecule has 0 saturated carbocycles. The van der Waals surface area contributed by atoms with Crippen molar-refractivity contribution in [3.8, 4) is 11.5 Å². The number of aliphatic imine (C=N–C) groups is 1. The van der Waals surface area contributed by atoms with Crippen LogP contribution in [0.4, 0.5) is 5.69 Å². The molecule has 154 valence electrons. The van der Waals surface area contributed by atoms with Crippen LogP contribution in [0.5, 0.6) is 11.5 Å². The number of nitrogens with one attached hydrogen (secondary N) is 2. The van der Waals surface area contributed by atoms with Gasteiger partial charge in [0.2, 0.25) is 5.96 Å². The van der Waals surface area contributed by atoms with Gasteiger partial charge in [0, 0.05) is 17.4 Å². The third-order valence-electron chi connectivity index (χ3n) is 4.14. The van der Waals surface area contributed by atoms with Crippen LogP contribution in [0.3, 0.4) is 0 Å². The van der Waals surface area contributed by atoms with Crippen molar-refractivity contribution in [1.82, 2.24) is 10.3 Å². The number of rotatable bonds is 7. The van der Waals surface area contributed by atoms with Crippen molar-refractivity contribution < 1.29 is 14.3 Å². The van der Waals surface area contributed by atoms with Crippen LogP contribution < -0.4 is 20.1 Å². The van der Waals surface area contributed by atoms with Gasteiger partial charge in [-0.25, -0.2) is 4.99 Å². The van der Waals surface area contributed by atoms with Crippen LogP contribution in [0.2, 0.25) is 0 Å². The van der Waals surface area contributed by atoms with E-state index in [-0.39, 0.29) is 5.91 Å². The van der Waals surface area contributed by atoms with Crippen molar-refractivity contribution in [3.05, 3.63) is 84.2 Å². The van der Waals surface area contributed by atoms with E-state index < -0.39 is 0 Å². The molecule has 3 rings (SSSR count). The van der Waals surface area contributed by atoms with E-state index in [2.05, 4.69) is 20.6 Å². The first-order chi connectivity index (χ1) is 14.7. The monoisotopic (exact) mass is 404 g/mol. The highest BCUT2D eigenvalue weighted by Gasteiger charge is 2.10. The molecule has 0 fully saturated rings. The number of hydrogen-bond donors (Lipinski definition) is 2. The Morgan fingerprint density at radius 1 is 1.00 bits per heavy atom. The zero-order valence-corrected chi connectivity index (χ0v) is 17.0. The maximum absolute atomic E-state index is 12.7. The fourth-order valence-corrected chi connectivity index (χ4v) is 2.62. The molecule has 0 aliphatic rings. The van der Waals surface area contributed by atoms with Crippen LogP contribution in [0, 0.1) is 0 Å². The van der Waals surface area contributed by atoms with E-state index in [1.54, 1.807) is 37.6 Å². The molecule has 7 nitrogen and oxygen atoms in total. The smallest absolute Gasteiger partial charge is 0.257 e. The van der Waals surface area contributed by atoms with Crippen LogP contribution in [-0.4, -0.2) is 30.6 Å². The van der Waals surface area contributed by atoms with Gasteiger partial charge < -0.3 is 14.8 Å². The summed E-state index contributed by atoms with van der Waals surface area (Å²) in [5.74, 6) is 1.50. The molecule has 1 amide bonds. The summed E-state index contributed by atoms with van der Waals surface area (Å²) >= 11 is 0. The lowest BCUT2D eigenvalue weighted by Crippen LogP contribution is -2.36. The Kier molecular flexibility index (Phi) is 7.38. The van der Waals surface area contributed by atoms with Crippen molar-refractivity contribution in [2.45, 2.75) is 13.5 Å². The SMILES string of the molecule is CCOc1ccc(C(=O)NC(=NCc2ccccn2)Nc2ccc(OC)cc2)cc1. The number of nitrogens with zero attached hydrogens (tertiary/aromatic N) is 2. The number of benzene rings is 2. The molecule has 0 aliphatic carbocycles. The quantitative estimate of drug-likeness (QED) is 0.461. The molecule has 2 N–H and O–H groups in total. The van der Waals surface area contributed by atoms with Crippen molar-refractivity contribution in [2.75, 3.05) is 19.0 Å². The van der Waals surface area contributed by atoms with E-state index in [1.165, 1.54) is 0 Å². The Balaban J connectivity index is 1.75. The van der Waals surface area contributed by atoms with Crippen LogP contribution in [-0.2, 0) is 6.54 Å². The Bertz CT molecular complexity index is 972. The molecule has 30 heavy (non-hydrogen) atoms. The summed E-state index contributed by atoms with van der Waals surface area (Å²) in [5, 5.41) is 5.98. The Labute approximate surface area is 175 Å². The molecule has 0 spiro atoms. The standard InChI is InChI=1S/C23H24N4O3/c1-3-30-21-11-7-17(8-12-21)22(28)27-23(25-16-19-6-4-5-15-24-19)26-18-9-13-20(29-2)14-10-18/h4-15H,3,16H2,1-2H3,(H2,25,26,27,28). The first-order valence-corrected chi connectivity index (χ1v) is 9.57. The summed E-state index contributed by atoms with van der Waals surface area (Å²) in [7, 11) is 1.61. The van der Waals surface area contributed by atoms with Gasteiger partial charge >= 0.3 is 0 Å². The van der Waals surface area contributed by atoms with Gasteiger partial charge in [-0.05, 0) is 67.6 Å². The molecule has 1 heterocycles. The van der Waals surface area contributed by atoms with E-state index in [4.69, 9.17) is 9.47 Å². The number of pyridine rings is 1. The zero-order valence-electron chi connectivity index (χ0n) is 17.0. The molecule has 0 atom stereocenters. The number of carbonyl (C=O) groups is 1. The number of hydrogen-bond acceptors (Lipinski definition) is 5. The van der Waals surface area contributed by atoms with Crippen LogP contribution >= 0.6 is 0 Å². The second-order valence-corrected chi connectivity index (χ2v) is 6.25. The Morgan fingerprint density at radius 2 is 1.73 bits per heavy atom. The maximum atomic E-state index is 12.7. The van der Waals surface area contributed by atoms with Gasteiger partial charge in [0.1, 0.15) is 11.5 Å². The van der Waals surface area contributed by atoms with Crippen molar-refractivity contribution in [3.63, 3.8) is 0 Å². The van der Waals surface area contributed by atoms with Gasteiger partial charge in [0.15, 0.2) is 0 Å². The molecule has 0 bridgehead atoms. The number of methoxy groups -OCH3 is 1. The minimum Gasteiger partial charge on any atom is -0.497 e. The normalized spacial score (nSPS) is 10.9. The highest BCUT2D eigenvalue weighted by Crippen LogP contribution is 2.15. The summed E-state index contributed by atoms with van der Waals surface area (Å²) in [6.07, 6.45) is 1.71. The molecule has 2 aromatic carbocycles. The first kappa shape index (κ1) is 20.9. The summed E-state index contributed by atoms with van der Waals surface area (Å²) in [4.78, 5) is 21.5. The molecule has 0 unspecified atom stereocenters. The predicted octanol–water partition coefficient (Wildman–Crippen LogP) is 3.89. The van der Waals surface area contributed by atoms with Gasteiger partial charge in [0.05, 0.1) is 26.0 Å². The van der Waals surface area contributed by atoms with Crippen molar-refractivity contribution in [2.24, 2.45) is 4.99 Å². The van der Waals surface area contributed by atoms with Gasteiger partial charge in [0.25, 0.3) is 5.91 Å². The van der Waals surface area contributed by atoms with Crippen molar-refractivity contribution in [1.29, 1.82) is 0 Å². The molecule has 0 saturated heterocycles. The molecule has 0 aliphatic heterocycles. The lowest BCUT2D eigenvalue weighted by Gasteiger charge is -2.12. The van der Waals surface area contributed by atoms with E-state index in [1.807, 2.05) is 49.4 Å². The van der Waals surface area contributed by atoms with Crippen LogP contribution in [0.15, 0.2) is 77.9 Å². The highest BCUT2D eigenvalue weighted by atomic mass is 16.5. The number of aromatic nitrogens is 1. The molecule has 0 radical (unpaired) electrons. The lowest BCUT2D eigenvalue weighted by molar-refractivity contribution is 0.0977. The second kappa shape index (κ2) is 10.6. The largest absolute Gasteiger partial charge is 0.497 e. The average Bonchev–Trinajstić information content (AvgIpc) is 2.79. The van der Waals surface area contributed by atoms with Crippen molar-refractivity contribution >= 4 is 17.6 Å². The Morgan fingerprint density at radius 3 is 2.37 bits per heavy atom. The van der Waals surface area contributed by atoms with Gasteiger partial charge in [-0.3, -0.25) is 15.1 Å². The number of guanidine groups is 1. The average molecular weight is 404 g/mol. The molecule has 1 aromatic heterocycles. The van der Waals surface area contributed by atoms with Gasteiger partial charge in [-0.1, -0.05) is 6.07 Å². The molecular weight excluding hydrogens is 380 g/mol. The number of amides is 1. The highest BCUT2D eigenvalue weighted by molar-refractivity contribution is 6.10. The second-order valence-electron chi connectivity index (χ2n) is 6.25. The summed E-state index contributed by atoms with van der Waals surface area (Å²) in [5.41, 5.74) is 2.06. The van der Waals surface area contributed by atoms with E-state index >= 15 is 0 Å². The fraction of sp³-hybridized carbons (Fsp3) is 0.174. The number of carbonyl (C=O) groups excluding carboxylic acids is 1. The van der Waals surface area contributed by atoms with E-state index in [0.29, 0.717) is 24.7 Å². The first-order valence-electron chi connectivity index (χ1n) is 9.57. The third-order valence-corrected chi connectivity index (χ3v) is 4.14. The number of anilines is 1. The Hall–Kier alpha value is -3.87. The zero-order chi connectivity index (χ0) is 21.2. The van der Waals surface area contributed by atoms with Crippen LogP contribution in [0.1, 0.15) is 23.0 Å². The minimum absolute atomic E-state index is 0.279. The molecule has 7 heteroatoms. The summed E-state index contributed by atoms with van der Waals surface area (Å²) in [6.45, 7) is 2.81. The summed E-state index contributed by atoms with van der Waals surface area (Å²) in [6, 6.07) is 19.9. The summed E-state index contributed by atoms with van der Waals surface area (Å²) < 4.78 is 10.6.